The van der Waals surface area contributed by atoms with E-state index in [0.717, 1.165) is 11.3 Å². The van der Waals surface area contributed by atoms with E-state index < -0.39 is 0 Å². The van der Waals surface area contributed by atoms with Crippen LogP contribution < -0.4 is 0 Å². The zero-order valence-electron chi connectivity index (χ0n) is 9.82. The van der Waals surface area contributed by atoms with E-state index in [4.69, 9.17) is 12.2 Å². The second-order valence-electron chi connectivity index (χ2n) is 3.81. The number of nitrogens with one attached hydrogen (secondary N) is 1. The fourth-order valence-corrected chi connectivity index (χ4v) is 1.89. The molecule has 3 aromatic heterocycles. The number of nitrogens with zero attached hydrogens (tertiary/aromatic N) is 4. The lowest BCUT2D eigenvalue weighted by Gasteiger charge is -2.04. The number of hydrogen-bond donors (Lipinski definition) is 1. The van der Waals surface area contributed by atoms with Gasteiger partial charge in [-0.2, -0.15) is 0 Å². The Morgan fingerprint density at radius 3 is 2.68 bits per heavy atom. The van der Waals surface area contributed by atoms with E-state index >= 15 is 0 Å². The Kier molecular flexibility index (Phi) is 3.07. The third-order valence-electron chi connectivity index (χ3n) is 2.52. The summed E-state index contributed by atoms with van der Waals surface area (Å²) in [6, 6.07) is 5.62. The van der Waals surface area contributed by atoms with Gasteiger partial charge in [-0.1, -0.05) is 12.2 Å². The van der Waals surface area contributed by atoms with Gasteiger partial charge in [0.05, 0.1) is 11.9 Å². The highest BCUT2D eigenvalue weighted by molar-refractivity contribution is 7.71. The molecule has 6 heteroatoms. The molecule has 0 aliphatic carbocycles. The second-order valence-corrected chi connectivity index (χ2v) is 4.23. The van der Waals surface area contributed by atoms with E-state index in [1.54, 1.807) is 37.1 Å². The molecule has 3 aromatic rings. The summed E-state index contributed by atoms with van der Waals surface area (Å²) in [6.45, 7) is 0. The summed E-state index contributed by atoms with van der Waals surface area (Å²) in [5.74, 6) is 0.597. The van der Waals surface area contributed by atoms with Crippen LogP contribution in [0.1, 0.15) is 0 Å². The van der Waals surface area contributed by atoms with E-state index in [1.807, 2.05) is 12.1 Å². The maximum Gasteiger partial charge on any atom is 0.159 e. The minimum atomic E-state index is 0.498. The third-order valence-corrected chi connectivity index (χ3v) is 2.73. The van der Waals surface area contributed by atoms with Crippen LogP contribution >= 0.6 is 12.2 Å². The van der Waals surface area contributed by atoms with Crippen LogP contribution in [0.2, 0.25) is 0 Å². The van der Waals surface area contributed by atoms with E-state index in [9.17, 15) is 0 Å². The van der Waals surface area contributed by atoms with E-state index in [2.05, 4.69) is 24.9 Å². The summed E-state index contributed by atoms with van der Waals surface area (Å²) in [7, 11) is 0. The first-order chi connectivity index (χ1) is 9.33. The first kappa shape index (κ1) is 11.6. The van der Waals surface area contributed by atoms with Gasteiger partial charge in [-0.3, -0.25) is 9.97 Å². The van der Waals surface area contributed by atoms with Crippen LogP contribution in [0.5, 0.6) is 0 Å². The molecule has 0 saturated carbocycles. The van der Waals surface area contributed by atoms with Crippen LogP contribution in [0, 0.1) is 4.64 Å². The molecule has 0 fully saturated rings. The zero-order valence-corrected chi connectivity index (χ0v) is 10.6. The molecule has 0 bridgehead atoms. The van der Waals surface area contributed by atoms with Crippen molar-refractivity contribution in [2.75, 3.05) is 0 Å². The highest BCUT2D eigenvalue weighted by Crippen LogP contribution is 2.18. The number of hydrogen-bond acceptors (Lipinski definition) is 5. The predicted octanol–water partition coefficient (Wildman–Crippen LogP) is 2.66. The molecular formula is C13H9N5S. The van der Waals surface area contributed by atoms with Crippen LogP contribution in [0.4, 0.5) is 0 Å². The van der Waals surface area contributed by atoms with Gasteiger partial charge in [0, 0.05) is 30.4 Å². The summed E-state index contributed by atoms with van der Waals surface area (Å²) in [6.07, 6.45) is 8.36. The first-order valence-electron chi connectivity index (χ1n) is 5.61. The van der Waals surface area contributed by atoms with Gasteiger partial charge in [-0.15, -0.1) is 0 Å². The van der Waals surface area contributed by atoms with Gasteiger partial charge >= 0.3 is 0 Å². The molecule has 0 unspecified atom stereocenters. The van der Waals surface area contributed by atoms with Crippen molar-refractivity contribution in [1.29, 1.82) is 0 Å². The molecule has 5 nitrogen and oxygen atoms in total. The standard InChI is InChI=1S/C13H9N5S/c19-12-6-10(9-2-1-3-14-7-9)17-13(18-12)11-8-15-4-5-16-11/h1-8H,(H,17,18,19). The number of pyridine rings is 1. The highest BCUT2D eigenvalue weighted by atomic mass is 32.1. The first-order valence-corrected chi connectivity index (χ1v) is 6.02. The molecule has 19 heavy (non-hydrogen) atoms. The van der Waals surface area contributed by atoms with Crippen LogP contribution in [-0.4, -0.2) is 24.9 Å². The smallest absolute Gasteiger partial charge is 0.159 e. The molecule has 92 valence electrons. The van der Waals surface area contributed by atoms with Crippen LogP contribution in [-0.2, 0) is 0 Å². The van der Waals surface area contributed by atoms with Crippen molar-refractivity contribution in [1.82, 2.24) is 24.9 Å². The maximum absolute atomic E-state index is 5.19. The van der Waals surface area contributed by atoms with Crippen LogP contribution in [0.3, 0.4) is 0 Å². The normalized spacial score (nSPS) is 10.3. The second kappa shape index (κ2) is 5.03. The van der Waals surface area contributed by atoms with Crippen LogP contribution in [0.15, 0.2) is 49.2 Å². The third kappa shape index (κ3) is 2.53. The molecule has 0 aromatic carbocycles. The maximum atomic E-state index is 5.19. The van der Waals surface area contributed by atoms with Gasteiger partial charge in [0.1, 0.15) is 10.3 Å². The Morgan fingerprint density at radius 2 is 1.95 bits per heavy atom. The zero-order chi connectivity index (χ0) is 13.1. The van der Waals surface area contributed by atoms with Gasteiger partial charge in [0.2, 0.25) is 0 Å². The van der Waals surface area contributed by atoms with Crippen LogP contribution in [0.25, 0.3) is 22.8 Å². The number of H-pyrrole nitrogens is 1. The predicted molar refractivity (Wildman–Crippen MR) is 73.7 cm³/mol. The summed E-state index contributed by atoms with van der Waals surface area (Å²) < 4.78 is 0.498. The Morgan fingerprint density at radius 1 is 1.05 bits per heavy atom. The van der Waals surface area contributed by atoms with Crippen molar-refractivity contribution in [2.24, 2.45) is 0 Å². The molecule has 3 rings (SSSR count). The lowest BCUT2D eigenvalue weighted by molar-refractivity contribution is 1.10. The summed E-state index contributed by atoms with van der Waals surface area (Å²) in [5.41, 5.74) is 2.45. The van der Waals surface area contributed by atoms with Crippen molar-refractivity contribution >= 4 is 12.2 Å². The molecule has 3 heterocycles. The van der Waals surface area contributed by atoms with Gasteiger partial charge < -0.3 is 4.98 Å². The number of aromatic nitrogens is 5. The molecular weight excluding hydrogens is 258 g/mol. The fraction of sp³-hybridized carbons (Fsp3) is 0. The summed E-state index contributed by atoms with van der Waals surface area (Å²) >= 11 is 5.19. The van der Waals surface area contributed by atoms with E-state index in [-0.39, 0.29) is 0 Å². The van der Waals surface area contributed by atoms with Crippen molar-refractivity contribution in [2.45, 2.75) is 0 Å². The Labute approximate surface area is 114 Å². The molecule has 0 saturated heterocycles. The van der Waals surface area contributed by atoms with Gasteiger partial charge in [0.15, 0.2) is 5.82 Å². The topological polar surface area (TPSA) is 67.3 Å². The number of rotatable bonds is 2. The molecule has 0 aliphatic rings. The van der Waals surface area contributed by atoms with Gasteiger partial charge in [-0.25, -0.2) is 9.97 Å². The number of aromatic amines is 1. The molecule has 0 amide bonds. The van der Waals surface area contributed by atoms with Crippen molar-refractivity contribution in [3.8, 4) is 22.8 Å². The average Bonchev–Trinajstić information content (AvgIpc) is 2.48. The van der Waals surface area contributed by atoms with Gasteiger partial charge in [-0.05, 0) is 18.2 Å². The van der Waals surface area contributed by atoms with E-state index in [1.165, 1.54) is 0 Å². The van der Waals surface area contributed by atoms with Crippen molar-refractivity contribution in [3.63, 3.8) is 0 Å². The molecule has 0 spiro atoms. The minimum absolute atomic E-state index is 0.498. The molecule has 0 aliphatic heterocycles. The van der Waals surface area contributed by atoms with Gasteiger partial charge in [0.25, 0.3) is 0 Å². The van der Waals surface area contributed by atoms with Crippen molar-refractivity contribution < 1.29 is 0 Å². The lowest BCUT2D eigenvalue weighted by atomic mass is 10.2. The molecule has 0 radical (unpaired) electrons. The quantitative estimate of drug-likeness (QED) is 0.723. The van der Waals surface area contributed by atoms with Crippen molar-refractivity contribution in [3.05, 3.63) is 53.8 Å². The monoisotopic (exact) mass is 267 g/mol. The Bertz CT molecular complexity index is 679. The largest absolute Gasteiger partial charge is 0.338 e. The summed E-state index contributed by atoms with van der Waals surface area (Å²) in [4.78, 5) is 19.8. The average molecular weight is 267 g/mol. The fourth-order valence-electron chi connectivity index (χ4n) is 1.68. The minimum Gasteiger partial charge on any atom is -0.338 e. The Balaban J connectivity index is 2.15. The Hall–Kier alpha value is -2.47. The summed E-state index contributed by atoms with van der Waals surface area (Å²) in [5, 5.41) is 0. The molecule has 0 atom stereocenters. The van der Waals surface area contributed by atoms with E-state index in [0.29, 0.717) is 16.2 Å². The highest BCUT2D eigenvalue weighted by Gasteiger charge is 2.05. The lowest BCUT2D eigenvalue weighted by Crippen LogP contribution is -1.95. The SMILES string of the molecule is S=c1cc(-c2cccnc2)[nH]c(-c2cnccn2)n1. The molecule has 1 N–H and O–H groups in total.